The third-order valence-electron chi connectivity index (χ3n) is 7.42. The minimum atomic E-state index is -0.652. The quantitative estimate of drug-likeness (QED) is 0.0905. The molecule has 0 heterocycles. The zero-order valence-corrected chi connectivity index (χ0v) is 27.4. The van der Waals surface area contributed by atoms with E-state index >= 15 is 0 Å². The van der Waals surface area contributed by atoms with Crippen LogP contribution in [0.3, 0.4) is 0 Å². The van der Waals surface area contributed by atoms with Crippen LogP contribution in [0.4, 0.5) is 0 Å². The second kappa shape index (κ2) is 15.4. The molecule has 8 nitrogen and oxygen atoms in total. The molecule has 0 aromatic heterocycles. The minimum absolute atomic E-state index is 0.0728. The SMILES string of the molecule is CC(=O)OC(COc1cccc(C)c1)COc1c2ccccc2c(OCC(COc2cccc(C)c2)OC(C)=O)c2cc(C)ccc12. The van der Waals surface area contributed by atoms with Gasteiger partial charge in [-0.3, -0.25) is 9.59 Å². The van der Waals surface area contributed by atoms with E-state index in [9.17, 15) is 9.59 Å². The van der Waals surface area contributed by atoms with Crippen molar-refractivity contribution in [2.45, 2.75) is 46.8 Å². The first-order valence-corrected chi connectivity index (χ1v) is 15.6. The van der Waals surface area contributed by atoms with E-state index in [1.165, 1.54) is 13.8 Å². The first-order valence-electron chi connectivity index (χ1n) is 15.6. The highest BCUT2D eigenvalue weighted by Crippen LogP contribution is 2.43. The van der Waals surface area contributed by atoms with Crippen LogP contribution in [0, 0.1) is 20.8 Å². The van der Waals surface area contributed by atoms with Gasteiger partial charge in [0.1, 0.15) is 49.4 Å². The maximum atomic E-state index is 12.0. The Hall–Kier alpha value is -5.24. The van der Waals surface area contributed by atoms with E-state index in [4.69, 9.17) is 28.4 Å². The average Bonchev–Trinajstić information content (AvgIpc) is 3.03. The van der Waals surface area contributed by atoms with Gasteiger partial charge >= 0.3 is 11.9 Å². The Morgan fingerprint density at radius 1 is 0.489 bits per heavy atom. The van der Waals surface area contributed by atoms with Gasteiger partial charge in [0.2, 0.25) is 0 Å². The molecule has 0 radical (unpaired) electrons. The summed E-state index contributed by atoms with van der Waals surface area (Å²) in [5.74, 6) is 1.80. The van der Waals surface area contributed by atoms with Crippen LogP contribution in [-0.4, -0.2) is 50.6 Å². The van der Waals surface area contributed by atoms with Gasteiger partial charge in [-0.25, -0.2) is 0 Å². The average molecular weight is 637 g/mol. The van der Waals surface area contributed by atoms with Crippen LogP contribution in [0.15, 0.2) is 91.0 Å². The molecule has 0 aliphatic rings. The van der Waals surface area contributed by atoms with Crippen LogP contribution < -0.4 is 18.9 Å². The molecule has 2 unspecified atom stereocenters. The summed E-state index contributed by atoms with van der Waals surface area (Å²) in [6, 6.07) is 29.2. The highest BCUT2D eigenvalue weighted by atomic mass is 16.6. The Kier molecular flexibility index (Phi) is 10.8. The fraction of sp³-hybridized carbons (Fsp3) is 0.282. The lowest BCUT2D eigenvalue weighted by Gasteiger charge is -2.23. The summed E-state index contributed by atoms with van der Waals surface area (Å²) in [7, 11) is 0. The number of hydrogen-bond donors (Lipinski definition) is 0. The van der Waals surface area contributed by atoms with E-state index in [0.29, 0.717) is 23.0 Å². The van der Waals surface area contributed by atoms with Crippen molar-refractivity contribution in [1.82, 2.24) is 0 Å². The second-order valence-corrected chi connectivity index (χ2v) is 11.6. The van der Waals surface area contributed by atoms with Crippen LogP contribution in [-0.2, 0) is 19.1 Å². The summed E-state index contributed by atoms with van der Waals surface area (Å²) in [5.41, 5.74) is 3.17. The monoisotopic (exact) mass is 636 g/mol. The second-order valence-electron chi connectivity index (χ2n) is 11.6. The van der Waals surface area contributed by atoms with Crippen molar-refractivity contribution in [3.05, 3.63) is 108 Å². The van der Waals surface area contributed by atoms with E-state index < -0.39 is 24.1 Å². The van der Waals surface area contributed by atoms with Crippen LogP contribution in [0.2, 0.25) is 0 Å². The van der Waals surface area contributed by atoms with Crippen molar-refractivity contribution < 1.29 is 38.0 Å². The van der Waals surface area contributed by atoms with Crippen LogP contribution in [0.1, 0.15) is 30.5 Å². The molecule has 5 rings (SSSR count). The summed E-state index contributed by atoms with van der Waals surface area (Å²) in [6.07, 6.45) is -1.30. The predicted molar refractivity (Wildman–Crippen MR) is 182 cm³/mol. The van der Waals surface area contributed by atoms with Crippen LogP contribution in [0.25, 0.3) is 21.5 Å². The zero-order valence-electron chi connectivity index (χ0n) is 27.4. The third-order valence-corrected chi connectivity index (χ3v) is 7.42. The molecule has 0 saturated heterocycles. The number of benzene rings is 5. The van der Waals surface area contributed by atoms with Gasteiger partial charge in [-0.05, 0) is 62.2 Å². The van der Waals surface area contributed by atoms with Gasteiger partial charge in [-0.15, -0.1) is 0 Å². The Morgan fingerprint density at radius 3 is 1.38 bits per heavy atom. The molecule has 8 heteroatoms. The van der Waals surface area contributed by atoms with Gasteiger partial charge in [-0.2, -0.15) is 0 Å². The molecule has 0 spiro atoms. The molecule has 0 bridgehead atoms. The molecule has 0 fully saturated rings. The van der Waals surface area contributed by atoms with Gasteiger partial charge in [-0.1, -0.05) is 66.2 Å². The first-order chi connectivity index (χ1) is 22.7. The number of fused-ring (bicyclic) bond motifs is 2. The number of carbonyl (C=O) groups is 2. The zero-order chi connectivity index (χ0) is 33.3. The van der Waals surface area contributed by atoms with E-state index in [0.717, 1.165) is 38.2 Å². The van der Waals surface area contributed by atoms with E-state index in [2.05, 4.69) is 0 Å². The minimum Gasteiger partial charge on any atom is -0.490 e. The largest absolute Gasteiger partial charge is 0.490 e. The van der Waals surface area contributed by atoms with E-state index in [1.54, 1.807) is 0 Å². The highest BCUT2D eigenvalue weighted by Gasteiger charge is 2.22. The lowest BCUT2D eigenvalue weighted by atomic mass is 9.99. The third kappa shape index (κ3) is 8.94. The summed E-state index contributed by atoms with van der Waals surface area (Å²) in [5, 5.41) is 3.30. The molecule has 244 valence electrons. The van der Waals surface area contributed by atoms with Gasteiger partial charge in [0.15, 0.2) is 12.2 Å². The lowest BCUT2D eigenvalue weighted by Crippen LogP contribution is -2.30. The summed E-state index contributed by atoms with van der Waals surface area (Å²) in [4.78, 5) is 24.0. The Bertz CT molecular complexity index is 1860. The van der Waals surface area contributed by atoms with Crippen molar-refractivity contribution in [2.75, 3.05) is 26.4 Å². The summed E-state index contributed by atoms with van der Waals surface area (Å²) in [6.45, 7) is 9.12. The molecule has 5 aromatic rings. The number of rotatable bonds is 14. The molecule has 47 heavy (non-hydrogen) atoms. The maximum absolute atomic E-state index is 12.0. The topological polar surface area (TPSA) is 89.5 Å². The van der Waals surface area contributed by atoms with Gasteiger partial charge < -0.3 is 28.4 Å². The molecule has 0 N–H and O–H groups in total. The van der Waals surface area contributed by atoms with Crippen molar-refractivity contribution in [3.63, 3.8) is 0 Å². The number of carbonyl (C=O) groups excluding carboxylic acids is 2. The van der Waals surface area contributed by atoms with Gasteiger partial charge in [0.05, 0.1) is 0 Å². The normalized spacial score (nSPS) is 12.3. The molecule has 2 atom stereocenters. The fourth-order valence-corrected chi connectivity index (χ4v) is 5.37. The molecule has 0 aliphatic heterocycles. The Morgan fingerprint density at radius 2 is 0.915 bits per heavy atom. The number of esters is 2. The summed E-state index contributed by atoms with van der Waals surface area (Å²) < 4.78 is 36.1. The molecule has 5 aromatic carbocycles. The van der Waals surface area contributed by atoms with Crippen molar-refractivity contribution >= 4 is 33.5 Å². The Labute approximate surface area is 275 Å². The van der Waals surface area contributed by atoms with Crippen molar-refractivity contribution in [1.29, 1.82) is 0 Å². The molecule has 0 amide bonds. The predicted octanol–water partition coefficient (Wildman–Crippen LogP) is 7.70. The molecular formula is C39H40O8. The van der Waals surface area contributed by atoms with E-state index in [1.807, 2.05) is 112 Å². The smallest absolute Gasteiger partial charge is 0.303 e. The van der Waals surface area contributed by atoms with E-state index in [-0.39, 0.29) is 26.4 Å². The molecule has 0 saturated carbocycles. The summed E-state index contributed by atoms with van der Waals surface area (Å²) >= 11 is 0. The molecule has 0 aliphatic carbocycles. The van der Waals surface area contributed by atoms with Crippen LogP contribution in [0.5, 0.6) is 23.0 Å². The fourth-order valence-electron chi connectivity index (χ4n) is 5.37. The maximum Gasteiger partial charge on any atom is 0.303 e. The first kappa shape index (κ1) is 33.1. The van der Waals surface area contributed by atoms with Gasteiger partial charge in [0, 0.05) is 35.4 Å². The van der Waals surface area contributed by atoms with Crippen LogP contribution >= 0.6 is 0 Å². The highest BCUT2D eigenvalue weighted by molar-refractivity contribution is 6.11. The van der Waals surface area contributed by atoms with Crippen molar-refractivity contribution in [3.8, 4) is 23.0 Å². The lowest BCUT2D eigenvalue weighted by molar-refractivity contribution is -0.150. The molecular weight excluding hydrogens is 596 g/mol. The van der Waals surface area contributed by atoms with Crippen molar-refractivity contribution in [2.24, 2.45) is 0 Å². The number of ether oxygens (including phenoxy) is 6. The Balaban J connectivity index is 1.42. The van der Waals surface area contributed by atoms with Gasteiger partial charge in [0.25, 0.3) is 0 Å². The number of aryl methyl sites for hydroxylation is 3. The number of hydrogen-bond acceptors (Lipinski definition) is 8. The standard InChI is InChI=1S/C39H40O8/c1-25-10-8-12-30(18-25)42-21-32(46-28(4)40)23-44-38-34-14-6-7-15-35(34)39(37-20-27(3)16-17-36(37)38)45-24-33(47-29(5)41)22-43-31-13-9-11-26(2)19-31/h6-20,32-33H,21-24H2,1-5H3.